The summed E-state index contributed by atoms with van der Waals surface area (Å²) in [4.78, 5) is 4.05. The number of aryl methyl sites for hydroxylation is 2. The number of rotatable bonds is 4. The van der Waals surface area contributed by atoms with Crippen molar-refractivity contribution in [3.8, 4) is 6.07 Å². The summed E-state index contributed by atoms with van der Waals surface area (Å²) in [6.45, 7) is 0. The van der Waals surface area contributed by atoms with Crippen LogP contribution in [-0.4, -0.2) is 33.3 Å². The zero-order chi connectivity index (χ0) is 15.0. The molecule has 0 spiro atoms. The van der Waals surface area contributed by atoms with Crippen molar-refractivity contribution in [1.29, 1.82) is 5.26 Å². The minimum atomic E-state index is -3.95. The van der Waals surface area contributed by atoms with Gasteiger partial charge in [0.1, 0.15) is 6.07 Å². The van der Waals surface area contributed by atoms with Gasteiger partial charge in [-0.25, -0.2) is 27.0 Å². The van der Waals surface area contributed by atoms with Crippen molar-refractivity contribution in [3.05, 3.63) is 22.9 Å². The molecule has 0 saturated carbocycles. The van der Waals surface area contributed by atoms with Gasteiger partial charge in [-0.05, 0) is 30.9 Å². The van der Waals surface area contributed by atoms with Gasteiger partial charge in [-0.2, -0.15) is 5.26 Å². The number of fused-ring (bicyclic) bond motifs is 1. The molecule has 0 radical (unpaired) electrons. The van der Waals surface area contributed by atoms with Crippen LogP contribution in [0.1, 0.15) is 23.2 Å². The highest BCUT2D eigenvalue weighted by Gasteiger charge is 2.26. The Hall–Kier alpha value is -1.50. The van der Waals surface area contributed by atoms with Crippen LogP contribution >= 0.6 is 0 Å². The van der Waals surface area contributed by atoms with Crippen molar-refractivity contribution in [3.63, 3.8) is 0 Å². The Labute approximate surface area is 117 Å². The molecule has 7 nitrogen and oxygen atoms in total. The van der Waals surface area contributed by atoms with Crippen molar-refractivity contribution in [2.75, 3.05) is 11.5 Å². The lowest BCUT2D eigenvalue weighted by atomic mass is 10.2. The number of nitrogens with two attached hydrogens (primary N) is 1. The zero-order valence-corrected chi connectivity index (χ0v) is 12.2. The van der Waals surface area contributed by atoms with E-state index in [0.29, 0.717) is 12.1 Å². The first kappa shape index (κ1) is 14.9. The number of primary sulfonamides is 1. The Morgan fingerprint density at radius 3 is 2.55 bits per heavy atom. The Morgan fingerprint density at radius 1 is 1.25 bits per heavy atom. The van der Waals surface area contributed by atoms with E-state index in [1.165, 1.54) is 6.07 Å². The summed E-state index contributed by atoms with van der Waals surface area (Å²) in [5.74, 6) is -1.37. The molecule has 0 bridgehead atoms. The summed E-state index contributed by atoms with van der Waals surface area (Å²) < 4.78 is 46.0. The van der Waals surface area contributed by atoms with E-state index in [9.17, 15) is 16.8 Å². The van der Waals surface area contributed by atoms with Crippen LogP contribution in [-0.2, 0) is 32.7 Å². The molecule has 1 aromatic heterocycles. The molecule has 0 aliphatic heterocycles. The maximum Gasteiger partial charge on any atom is 0.210 e. The molecule has 9 heteroatoms. The van der Waals surface area contributed by atoms with Crippen molar-refractivity contribution in [1.82, 2.24) is 4.98 Å². The first-order valence-corrected chi connectivity index (χ1v) is 9.26. The van der Waals surface area contributed by atoms with Crippen LogP contribution in [0.4, 0.5) is 0 Å². The van der Waals surface area contributed by atoms with Gasteiger partial charge >= 0.3 is 0 Å². The third-order valence-electron chi connectivity index (χ3n) is 3.07. The third-order valence-corrected chi connectivity index (χ3v) is 5.74. The molecule has 1 aliphatic rings. The molecule has 1 heterocycles. The lowest BCUT2D eigenvalue weighted by Gasteiger charge is -2.07. The fraction of sp³-hybridized carbons (Fsp3) is 0.455. The van der Waals surface area contributed by atoms with E-state index in [-0.39, 0.29) is 10.6 Å². The van der Waals surface area contributed by atoms with Crippen LogP contribution in [0, 0.1) is 11.3 Å². The van der Waals surface area contributed by atoms with Gasteiger partial charge in [0.15, 0.2) is 14.9 Å². The molecule has 0 unspecified atom stereocenters. The van der Waals surface area contributed by atoms with Gasteiger partial charge in [-0.15, -0.1) is 0 Å². The second-order valence-corrected chi connectivity index (χ2v) is 8.36. The van der Waals surface area contributed by atoms with Gasteiger partial charge in [-0.1, -0.05) is 0 Å². The Morgan fingerprint density at radius 2 is 1.95 bits per heavy atom. The molecule has 1 aromatic rings. The smallest absolute Gasteiger partial charge is 0.210 e. The van der Waals surface area contributed by atoms with Gasteiger partial charge in [0.2, 0.25) is 10.0 Å². The maximum atomic E-state index is 12.1. The number of hydrogen-bond acceptors (Lipinski definition) is 6. The Kier molecular flexibility index (Phi) is 3.82. The van der Waals surface area contributed by atoms with E-state index in [4.69, 9.17) is 10.4 Å². The Bertz CT molecular complexity index is 792. The van der Waals surface area contributed by atoms with Crippen LogP contribution in [0.15, 0.2) is 11.1 Å². The maximum absolute atomic E-state index is 12.1. The number of nitriles is 1. The number of sulfone groups is 1. The largest absolute Gasteiger partial charge is 0.240 e. The van der Waals surface area contributed by atoms with E-state index in [0.717, 1.165) is 18.4 Å². The first-order valence-electron chi connectivity index (χ1n) is 5.89. The van der Waals surface area contributed by atoms with E-state index in [1.807, 2.05) is 0 Å². The van der Waals surface area contributed by atoms with Crippen LogP contribution in [0.3, 0.4) is 0 Å². The van der Waals surface area contributed by atoms with E-state index < -0.39 is 31.4 Å². The second kappa shape index (κ2) is 5.12. The lowest BCUT2D eigenvalue weighted by Crippen LogP contribution is -2.24. The molecular formula is C11H13N3O4S2. The van der Waals surface area contributed by atoms with Crippen LogP contribution in [0.5, 0.6) is 0 Å². The summed E-state index contributed by atoms with van der Waals surface area (Å²) in [6, 6.07) is 3.33. The van der Waals surface area contributed by atoms with Gasteiger partial charge in [0.25, 0.3) is 0 Å². The molecule has 0 fully saturated rings. The predicted molar refractivity (Wildman–Crippen MR) is 71.0 cm³/mol. The topological polar surface area (TPSA) is 131 Å². The molecule has 0 amide bonds. The first-order chi connectivity index (χ1) is 9.23. The number of hydrogen-bond donors (Lipinski definition) is 1. The van der Waals surface area contributed by atoms with Gasteiger partial charge < -0.3 is 0 Å². The van der Waals surface area contributed by atoms with E-state index >= 15 is 0 Å². The molecule has 108 valence electrons. The highest BCUT2D eigenvalue weighted by atomic mass is 32.2. The fourth-order valence-electron chi connectivity index (χ4n) is 2.09. The van der Waals surface area contributed by atoms with Crippen molar-refractivity contribution >= 4 is 19.9 Å². The molecule has 2 N–H and O–H groups in total. The van der Waals surface area contributed by atoms with E-state index in [1.54, 1.807) is 6.07 Å². The normalized spacial score (nSPS) is 14.8. The number of nitrogens with zero attached hydrogens (tertiary/aromatic N) is 2. The highest BCUT2D eigenvalue weighted by molar-refractivity contribution is 7.94. The van der Waals surface area contributed by atoms with Crippen molar-refractivity contribution in [2.24, 2.45) is 5.14 Å². The summed E-state index contributed by atoms with van der Waals surface area (Å²) in [7, 11) is -7.84. The second-order valence-electron chi connectivity index (χ2n) is 4.60. The zero-order valence-electron chi connectivity index (χ0n) is 10.5. The monoisotopic (exact) mass is 315 g/mol. The average Bonchev–Trinajstić information content (AvgIpc) is 2.81. The van der Waals surface area contributed by atoms with Crippen molar-refractivity contribution < 1.29 is 16.8 Å². The van der Waals surface area contributed by atoms with Gasteiger partial charge in [0, 0.05) is 5.69 Å². The van der Waals surface area contributed by atoms with Crippen molar-refractivity contribution in [2.45, 2.75) is 24.3 Å². The molecule has 0 saturated heterocycles. The average molecular weight is 315 g/mol. The fourth-order valence-corrected chi connectivity index (χ4v) is 4.78. The van der Waals surface area contributed by atoms with Gasteiger partial charge in [0.05, 0.1) is 17.1 Å². The molecule has 20 heavy (non-hydrogen) atoms. The predicted octanol–water partition coefficient (Wildman–Crippen LogP) is -0.496. The summed E-state index contributed by atoms with van der Waals surface area (Å²) >= 11 is 0. The minimum Gasteiger partial charge on any atom is -0.240 e. The third kappa shape index (κ3) is 3.15. The van der Waals surface area contributed by atoms with Gasteiger partial charge in [-0.3, -0.25) is 0 Å². The molecule has 1 aliphatic carbocycles. The standard InChI is InChI=1S/C11H13N3O4S2/c12-7-9-6-8-2-1-3-10(8)14-11(9)19(15,16)4-5-20(13,17)18/h6H,1-5H2,(H2,13,17,18). The summed E-state index contributed by atoms with van der Waals surface area (Å²) in [5.41, 5.74) is 1.50. The molecular weight excluding hydrogens is 302 g/mol. The Balaban J connectivity index is 2.44. The minimum absolute atomic E-state index is 0.0416. The number of aromatic nitrogens is 1. The molecule has 0 atom stereocenters. The van der Waals surface area contributed by atoms with Crippen LogP contribution < -0.4 is 5.14 Å². The summed E-state index contributed by atoms with van der Waals surface area (Å²) in [6.07, 6.45) is 2.31. The highest BCUT2D eigenvalue weighted by Crippen LogP contribution is 2.25. The number of sulfonamides is 1. The quantitative estimate of drug-likeness (QED) is 0.797. The molecule has 2 rings (SSSR count). The van der Waals surface area contributed by atoms with E-state index in [2.05, 4.69) is 4.98 Å². The number of pyridine rings is 1. The molecule has 0 aromatic carbocycles. The SMILES string of the molecule is N#Cc1cc2c(nc1S(=O)(=O)CCS(N)(=O)=O)CCC2. The lowest BCUT2D eigenvalue weighted by molar-refractivity contribution is 0.585. The summed E-state index contributed by atoms with van der Waals surface area (Å²) in [5, 5.41) is 13.5. The van der Waals surface area contributed by atoms with Crippen LogP contribution in [0.25, 0.3) is 0 Å². The van der Waals surface area contributed by atoms with Crippen LogP contribution in [0.2, 0.25) is 0 Å².